The molecule has 0 fully saturated rings. The Bertz CT molecular complexity index is 4010. The first-order valence-electron chi connectivity index (χ1n) is 23.2. The van der Waals surface area contributed by atoms with Crippen LogP contribution in [0.3, 0.4) is 0 Å². The molecule has 68 heavy (non-hydrogen) atoms. The van der Waals surface area contributed by atoms with Crippen LogP contribution < -0.4 is 0 Å². The number of para-hydroxylation sites is 4. The lowest BCUT2D eigenvalue weighted by atomic mass is 9.98. The van der Waals surface area contributed by atoms with E-state index in [0.29, 0.717) is 0 Å². The van der Waals surface area contributed by atoms with Gasteiger partial charge < -0.3 is 13.7 Å². The number of benzene rings is 10. The van der Waals surface area contributed by atoms with Gasteiger partial charge in [-0.1, -0.05) is 140 Å². The summed E-state index contributed by atoms with van der Waals surface area (Å²) in [5, 5.41) is 7.45. The highest BCUT2D eigenvalue weighted by Crippen LogP contribution is 2.42. The van der Waals surface area contributed by atoms with Crippen molar-refractivity contribution in [2.45, 2.75) is 0 Å². The summed E-state index contributed by atoms with van der Waals surface area (Å²) in [5.41, 5.74) is 17.9. The first-order chi connectivity index (χ1) is 33.7. The Labute approximate surface area is 397 Å². The van der Waals surface area contributed by atoms with E-state index < -0.39 is 0 Å². The largest absolute Gasteiger partial charge is 0.309 e. The molecule has 0 N–H and O–H groups in total. The fourth-order valence-corrected chi connectivity index (χ4v) is 11.7. The molecule has 0 spiro atoms. The molecule has 0 bridgehead atoms. The van der Waals surface area contributed by atoms with Gasteiger partial charge in [0.25, 0.3) is 0 Å². The summed E-state index contributed by atoms with van der Waals surface area (Å²) in [7, 11) is 0. The van der Waals surface area contributed by atoms with E-state index in [-0.39, 0.29) is 0 Å². The molecular weight excluding hydrogens is 843 g/mol. The maximum Gasteiger partial charge on any atom is 0.0541 e. The lowest BCUT2D eigenvalue weighted by Crippen LogP contribution is -1.94. The van der Waals surface area contributed by atoms with Crippen molar-refractivity contribution < 1.29 is 0 Å². The van der Waals surface area contributed by atoms with Crippen LogP contribution in [0.4, 0.5) is 0 Å². The highest BCUT2D eigenvalue weighted by Gasteiger charge is 2.19. The van der Waals surface area contributed by atoms with Crippen molar-refractivity contribution in [3.05, 3.63) is 249 Å². The smallest absolute Gasteiger partial charge is 0.0541 e. The minimum absolute atomic E-state index is 1.14. The van der Waals surface area contributed by atoms with Crippen molar-refractivity contribution in [1.82, 2.24) is 13.7 Å². The molecule has 0 aliphatic heterocycles. The molecule has 0 saturated carbocycles. The van der Waals surface area contributed by atoms with Gasteiger partial charge in [-0.2, -0.15) is 0 Å². The molecule has 318 valence electrons. The van der Waals surface area contributed by atoms with Crippen LogP contribution in [0, 0.1) is 0 Å². The molecule has 14 aromatic rings. The zero-order valence-corrected chi connectivity index (χ0v) is 37.7. The van der Waals surface area contributed by atoms with Crippen molar-refractivity contribution in [2.24, 2.45) is 0 Å². The van der Waals surface area contributed by atoms with E-state index in [9.17, 15) is 0 Å². The number of hydrogen-bond donors (Lipinski definition) is 0. The molecular formula is C64H41N3S. The average Bonchev–Trinajstić information content (AvgIpc) is 4.19. The standard InChI is InChI=1S/C64H41N3S/c1-4-14-42(15-5-1)63-36-37-64(68-63)43-24-30-50(31-25-43)67-61-34-28-46(44-26-32-59-53(38-44)51-20-10-12-22-57(51)65(59)48-16-6-2-7-17-48)40-55(61)56-41-47(29-35-62(56)67)45-27-33-60-54(39-45)52-21-11-13-23-58(52)66(60)49-18-8-3-9-19-49/h1-41H. The summed E-state index contributed by atoms with van der Waals surface area (Å²) < 4.78 is 7.21. The summed E-state index contributed by atoms with van der Waals surface area (Å²) in [6, 6.07) is 91.2. The predicted octanol–water partition coefficient (Wildman–Crippen LogP) is 17.7. The van der Waals surface area contributed by atoms with Crippen LogP contribution in [0.15, 0.2) is 249 Å². The van der Waals surface area contributed by atoms with Gasteiger partial charge in [-0.3, -0.25) is 0 Å². The number of fused-ring (bicyclic) bond motifs is 9. The third kappa shape index (κ3) is 6.12. The molecule has 0 aliphatic rings. The van der Waals surface area contributed by atoms with E-state index in [4.69, 9.17) is 0 Å². The Morgan fingerprint density at radius 3 is 0.912 bits per heavy atom. The van der Waals surface area contributed by atoms with E-state index in [1.165, 1.54) is 109 Å². The molecule has 3 nitrogen and oxygen atoms in total. The van der Waals surface area contributed by atoms with Gasteiger partial charge in [0, 0.05) is 59.1 Å². The van der Waals surface area contributed by atoms with E-state index >= 15 is 0 Å². The molecule has 4 heterocycles. The van der Waals surface area contributed by atoms with Gasteiger partial charge in [0.05, 0.1) is 33.1 Å². The van der Waals surface area contributed by atoms with Gasteiger partial charge >= 0.3 is 0 Å². The van der Waals surface area contributed by atoms with Crippen LogP contribution in [-0.4, -0.2) is 13.7 Å². The van der Waals surface area contributed by atoms with Crippen molar-refractivity contribution in [1.29, 1.82) is 0 Å². The second-order valence-electron chi connectivity index (χ2n) is 17.7. The first kappa shape index (κ1) is 38.6. The second kappa shape index (κ2) is 15.5. The third-order valence-corrected chi connectivity index (χ3v) is 15.1. The monoisotopic (exact) mass is 883 g/mol. The maximum atomic E-state index is 2.44. The highest BCUT2D eigenvalue weighted by atomic mass is 32.1. The molecule has 0 amide bonds. The van der Waals surface area contributed by atoms with E-state index in [1.54, 1.807) is 0 Å². The molecule has 0 unspecified atom stereocenters. The van der Waals surface area contributed by atoms with Crippen molar-refractivity contribution in [2.75, 3.05) is 0 Å². The highest BCUT2D eigenvalue weighted by molar-refractivity contribution is 7.18. The molecule has 4 heteroatoms. The zero-order valence-electron chi connectivity index (χ0n) is 36.9. The quantitative estimate of drug-likeness (QED) is 0.151. The summed E-state index contributed by atoms with van der Waals surface area (Å²) in [4.78, 5) is 2.54. The van der Waals surface area contributed by atoms with E-state index in [1.807, 2.05) is 11.3 Å². The third-order valence-electron chi connectivity index (χ3n) is 13.9. The number of hydrogen-bond acceptors (Lipinski definition) is 1. The molecule has 10 aromatic carbocycles. The summed E-state index contributed by atoms with van der Waals surface area (Å²) in [6.07, 6.45) is 0. The van der Waals surface area contributed by atoms with Crippen LogP contribution in [0.1, 0.15) is 0 Å². The van der Waals surface area contributed by atoms with Crippen molar-refractivity contribution in [3.63, 3.8) is 0 Å². The Hall–Kier alpha value is -8.70. The summed E-state index contributed by atoms with van der Waals surface area (Å²) in [5.74, 6) is 0. The second-order valence-corrected chi connectivity index (χ2v) is 18.8. The van der Waals surface area contributed by atoms with Gasteiger partial charge in [-0.15, -0.1) is 11.3 Å². The van der Waals surface area contributed by atoms with Gasteiger partial charge in [-0.05, 0) is 143 Å². The van der Waals surface area contributed by atoms with Gasteiger partial charge in [0.1, 0.15) is 0 Å². The number of thiophene rings is 1. The van der Waals surface area contributed by atoms with Crippen LogP contribution in [0.2, 0.25) is 0 Å². The van der Waals surface area contributed by atoms with Crippen molar-refractivity contribution in [3.8, 4) is 60.2 Å². The van der Waals surface area contributed by atoms with Crippen LogP contribution in [0.5, 0.6) is 0 Å². The normalized spacial score (nSPS) is 11.8. The van der Waals surface area contributed by atoms with E-state index in [2.05, 4.69) is 262 Å². The minimum atomic E-state index is 1.14. The lowest BCUT2D eigenvalue weighted by Gasteiger charge is -2.10. The molecule has 14 rings (SSSR count). The van der Waals surface area contributed by atoms with E-state index in [0.717, 1.165) is 17.1 Å². The van der Waals surface area contributed by atoms with Crippen LogP contribution in [0.25, 0.3) is 126 Å². The van der Waals surface area contributed by atoms with Gasteiger partial charge in [-0.25, -0.2) is 0 Å². The Kier molecular flexibility index (Phi) is 8.76. The summed E-state index contributed by atoms with van der Waals surface area (Å²) in [6.45, 7) is 0. The Morgan fingerprint density at radius 2 is 0.500 bits per heavy atom. The molecule has 0 aliphatic carbocycles. The van der Waals surface area contributed by atoms with Crippen LogP contribution in [-0.2, 0) is 0 Å². The number of nitrogens with zero attached hydrogens (tertiary/aromatic N) is 3. The van der Waals surface area contributed by atoms with Gasteiger partial charge in [0.15, 0.2) is 0 Å². The minimum Gasteiger partial charge on any atom is -0.309 e. The lowest BCUT2D eigenvalue weighted by molar-refractivity contribution is 1.18. The maximum absolute atomic E-state index is 2.44. The number of rotatable bonds is 7. The van der Waals surface area contributed by atoms with Crippen LogP contribution >= 0.6 is 11.3 Å². The fourth-order valence-electron chi connectivity index (χ4n) is 10.7. The number of aromatic nitrogens is 3. The molecule has 0 atom stereocenters. The SMILES string of the molecule is c1ccc(-c2ccc(-c3ccc(-n4c5ccc(-c6ccc7c(c6)c6ccccc6n7-c6ccccc6)cc5c5cc(-c6ccc7c(c6)c6ccccc6n7-c6ccccc6)ccc54)cc3)s2)cc1. The average molecular weight is 884 g/mol. The Morgan fingerprint density at radius 1 is 0.206 bits per heavy atom. The molecule has 0 saturated heterocycles. The van der Waals surface area contributed by atoms with Crippen molar-refractivity contribution >= 4 is 76.8 Å². The molecule has 4 aromatic heterocycles. The topological polar surface area (TPSA) is 14.8 Å². The van der Waals surface area contributed by atoms with Gasteiger partial charge in [0.2, 0.25) is 0 Å². The first-order valence-corrected chi connectivity index (χ1v) is 24.1. The predicted molar refractivity (Wildman–Crippen MR) is 289 cm³/mol. The molecule has 0 radical (unpaired) electrons. The Balaban J connectivity index is 0.933. The zero-order chi connectivity index (χ0) is 44.7. The summed E-state index contributed by atoms with van der Waals surface area (Å²) >= 11 is 1.84. The fraction of sp³-hybridized carbons (Fsp3) is 0.